The largest absolute Gasteiger partial charge is 0.489 e. The second-order valence-electron chi connectivity index (χ2n) is 7.32. The van der Waals surface area contributed by atoms with Crippen molar-refractivity contribution in [3.8, 4) is 11.1 Å². The molecule has 0 bridgehead atoms. The molecule has 2 nitrogen and oxygen atoms in total. The molecule has 1 aliphatic rings. The average molecular weight is 397 g/mol. The van der Waals surface area contributed by atoms with Gasteiger partial charge < -0.3 is 10.0 Å². The minimum absolute atomic E-state index is 0.486. The van der Waals surface area contributed by atoms with Crippen LogP contribution in [-0.4, -0.2) is 17.2 Å². The lowest BCUT2D eigenvalue weighted by Gasteiger charge is -2.34. The normalized spacial score (nSPS) is 13.6. The van der Waals surface area contributed by atoms with Gasteiger partial charge in [0.25, 0.3) is 0 Å². The molecule has 0 heterocycles. The van der Waals surface area contributed by atoms with Gasteiger partial charge in [0, 0.05) is 5.02 Å². The van der Waals surface area contributed by atoms with E-state index in [1.54, 1.807) is 6.07 Å². The molecule has 0 saturated carbocycles. The molecule has 4 heteroatoms. The van der Waals surface area contributed by atoms with Crippen LogP contribution in [0.3, 0.4) is 0 Å². The van der Waals surface area contributed by atoms with E-state index >= 15 is 0 Å². The van der Waals surface area contributed by atoms with Crippen molar-refractivity contribution in [2.45, 2.75) is 5.41 Å². The fourth-order valence-corrected chi connectivity index (χ4v) is 4.93. The molecule has 29 heavy (non-hydrogen) atoms. The van der Waals surface area contributed by atoms with Crippen molar-refractivity contribution in [1.82, 2.24) is 0 Å². The highest BCUT2D eigenvalue weighted by Crippen LogP contribution is 2.55. The minimum atomic E-state index is -1.57. The Hall–Kier alpha value is -2.85. The molecule has 0 atom stereocenters. The van der Waals surface area contributed by atoms with Crippen LogP contribution in [0.5, 0.6) is 0 Å². The van der Waals surface area contributed by atoms with Gasteiger partial charge in [-0.2, -0.15) is 0 Å². The topological polar surface area (TPSA) is 40.5 Å². The summed E-state index contributed by atoms with van der Waals surface area (Å²) in [6.45, 7) is 0. The van der Waals surface area contributed by atoms with Gasteiger partial charge in [-0.1, -0.05) is 96.5 Å². The predicted octanol–water partition coefficient (Wildman–Crippen LogP) is 4.38. The van der Waals surface area contributed by atoms with E-state index in [0.717, 1.165) is 33.4 Å². The minimum Gasteiger partial charge on any atom is -0.423 e. The highest BCUT2D eigenvalue weighted by atomic mass is 35.5. The number of hydrogen-bond donors (Lipinski definition) is 2. The highest BCUT2D eigenvalue weighted by molar-refractivity contribution is 6.60. The second kappa shape index (κ2) is 6.89. The summed E-state index contributed by atoms with van der Waals surface area (Å²) in [4.78, 5) is 0. The van der Waals surface area contributed by atoms with Gasteiger partial charge in [0.1, 0.15) is 0 Å². The van der Waals surface area contributed by atoms with E-state index in [9.17, 15) is 10.0 Å². The summed E-state index contributed by atoms with van der Waals surface area (Å²) in [6, 6.07) is 32.3. The molecule has 4 aromatic rings. The Morgan fingerprint density at radius 1 is 0.655 bits per heavy atom. The third-order valence-corrected chi connectivity index (χ3v) is 6.08. The number of rotatable bonds is 3. The standard InChI is InChI=1S/C25H18BClO2/c27-19-14-15-21-20(16-19)24-22(12-7-13-23(24)26(28)29)25(21,17-8-3-1-4-9-17)18-10-5-2-6-11-18/h1-16,28-29H. The van der Waals surface area contributed by atoms with Crippen LogP contribution in [0.25, 0.3) is 11.1 Å². The molecule has 0 radical (unpaired) electrons. The molecule has 5 rings (SSSR count). The average Bonchev–Trinajstić information content (AvgIpc) is 3.05. The van der Waals surface area contributed by atoms with Crippen molar-refractivity contribution < 1.29 is 10.0 Å². The first kappa shape index (κ1) is 18.2. The molecule has 0 unspecified atom stereocenters. The van der Waals surface area contributed by atoms with Crippen LogP contribution >= 0.6 is 11.6 Å². The third-order valence-electron chi connectivity index (χ3n) is 5.85. The lowest BCUT2D eigenvalue weighted by Crippen LogP contribution is -2.33. The molecule has 1 aliphatic carbocycles. The predicted molar refractivity (Wildman–Crippen MR) is 119 cm³/mol. The summed E-state index contributed by atoms with van der Waals surface area (Å²) in [5, 5.41) is 20.9. The van der Waals surface area contributed by atoms with Gasteiger partial charge in [0.05, 0.1) is 5.41 Å². The summed E-state index contributed by atoms with van der Waals surface area (Å²) in [5.74, 6) is 0. The lowest BCUT2D eigenvalue weighted by atomic mass is 9.66. The number of fused-ring (bicyclic) bond motifs is 3. The molecule has 0 saturated heterocycles. The summed E-state index contributed by atoms with van der Waals surface area (Å²) >= 11 is 6.38. The quantitative estimate of drug-likeness (QED) is 0.444. The zero-order valence-corrected chi connectivity index (χ0v) is 16.3. The Balaban J connectivity index is 2.00. The van der Waals surface area contributed by atoms with E-state index in [1.165, 1.54) is 0 Å². The SMILES string of the molecule is OB(O)c1cccc2c1-c1cc(Cl)ccc1C2(c1ccccc1)c1ccccc1. The van der Waals surface area contributed by atoms with Crippen LogP contribution in [0.4, 0.5) is 0 Å². The fourth-order valence-electron chi connectivity index (χ4n) is 4.76. The zero-order chi connectivity index (χ0) is 20.0. The van der Waals surface area contributed by atoms with Gasteiger partial charge in [-0.05, 0) is 51.0 Å². The fraction of sp³-hybridized carbons (Fsp3) is 0.0400. The monoisotopic (exact) mass is 396 g/mol. The van der Waals surface area contributed by atoms with Gasteiger partial charge in [0.2, 0.25) is 0 Å². The van der Waals surface area contributed by atoms with Crippen LogP contribution in [0.15, 0.2) is 97.1 Å². The Labute approximate surface area is 175 Å². The first-order valence-corrected chi connectivity index (χ1v) is 9.93. The van der Waals surface area contributed by atoms with Crippen LogP contribution in [0.1, 0.15) is 22.3 Å². The van der Waals surface area contributed by atoms with Crippen LogP contribution in [-0.2, 0) is 5.41 Å². The van der Waals surface area contributed by atoms with Gasteiger partial charge in [-0.3, -0.25) is 0 Å². The summed E-state index contributed by atoms with van der Waals surface area (Å²) in [5.41, 5.74) is 6.05. The molecule has 2 N–H and O–H groups in total. The summed E-state index contributed by atoms with van der Waals surface area (Å²) in [7, 11) is -1.57. The maximum absolute atomic E-state index is 10.1. The molecule has 0 amide bonds. The Morgan fingerprint density at radius 3 is 1.86 bits per heavy atom. The number of halogens is 1. The summed E-state index contributed by atoms with van der Waals surface area (Å²) < 4.78 is 0. The Bertz CT molecular complexity index is 1150. The number of hydrogen-bond acceptors (Lipinski definition) is 2. The van der Waals surface area contributed by atoms with Gasteiger partial charge in [0.15, 0.2) is 0 Å². The van der Waals surface area contributed by atoms with Crippen LogP contribution in [0.2, 0.25) is 5.02 Å². The second-order valence-corrected chi connectivity index (χ2v) is 7.75. The molecule has 0 fully saturated rings. The molecular formula is C25H18BClO2. The lowest BCUT2D eigenvalue weighted by molar-refractivity contribution is 0.426. The van der Waals surface area contributed by atoms with E-state index in [0.29, 0.717) is 10.5 Å². The molecule has 0 aromatic heterocycles. The Kier molecular flexibility index (Phi) is 4.32. The first-order valence-electron chi connectivity index (χ1n) is 9.55. The van der Waals surface area contributed by atoms with Crippen molar-refractivity contribution in [1.29, 1.82) is 0 Å². The van der Waals surface area contributed by atoms with Crippen molar-refractivity contribution in [2.75, 3.05) is 0 Å². The highest BCUT2D eigenvalue weighted by Gasteiger charge is 2.47. The molecule has 4 aromatic carbocycles. The van der Waals surface area contributed by atoms with Crippen LogP contribution < -0.4 is 5.46 Å². The Morgan fingerprint density at radius 2 is 1.28 bits per heavy atom. The molecule has 0 spiro atoms. The first-order chi connectivity index (χ1) is 14.1. The van der Waals surface area contributed by atoms with E-state index in [4.69, 9.17) is 11.6 Å². The van der Waals surface area contributed by atoms with E-state index in [1.807, 2.05) is 54.6 Å². The third kappa shape index (κ3) is 2.59. The van der Waals surface area contributed by atoms with Gasteiger partial charge in [-0.15, -0.1) is 0 Å². The van der Waals surface area contributed by atoms with Crippen LogP contribution in [0, 0.1) is 0 Å². The van der Waals surface area contributed by atoms with Gasteiger partial charge in [-0.25, -0.2) is 0 Å². The smallest absolute Gasteiger partial charge is 0.423 e. The molecule has 140 valence electrons. The zero-order valence-electron chi connectivity index (χ0n) is 15.6. The van der Waals surface area contributed by atoms with E-state index in [2.05, 4.69) is 36.4 Å². The maximum atomic E-state index is 10.1. The van der Waals surface area contributed by atoms with Crippen molar-refractivity contribution in [3.05, 3.63) is 124 Å². The summed E-state index contributed by atoms with van der Waals surface area (Å²) in [6.07, 6.45) is 0. The van der Waals surface area contributed by atoms with Crippen molar-refractivity contribution >= 4 is 24.2 Å². The van der Waals surface area contributed by atoms with Crippen molar-refractivity contribution in [3.63, 3.8) is 0 Å². The van der Waals surface area contributed by atoms with E-state index in [-0.39, 0.29) is 0 Å². The molecular weight excluding hydrogens is 379 g/mol. The molecule has 0 aliphatic heterocycles. The maximum Gasteiger partial charge on any atom is 0.489 e. The van der Waals surface area contributed by atoms with E-state index < -0.39 is 12.5 Å². The van der Waals surface area contributed by atoms with Gasteiger partial charge >= 0.3 is 7.12 Å². The van der Waals surface area contributed by atoms with Crippen molar-refractivity contribution in [2.24, 2.45) is 0 Å². The number of benzene rings is 4.